The number of fused-ring (bicyclic) bond motifs is 2. The fourth-order valence-corrected chi connectivity index (χ4v) is 3.92. The van der Waals surface area contributed by atoms with E-state index in [1.165, 1.54) is 22.7 Å². The smallest absolute Gasteiger partial charge is 0.142 e. The van der Waals surface area contributed by atoms with Gasteiger partial charge in [0.2, 0.25) is 0 Å². The summed E-state index contributed by atoms with van der Waals surface area (Å²) in [6.07, 6.45) is 0. The van der Waals surface area contributed by atoms with Gasteiger partial charge in [0.05, 0.1) is 9.40 Å². The first-order chi connectivity index (χ1) is 8.58. The van der Waals surface area contributed by atoms with Crippen molar-refractivity contribution in [3.8, 4) is 11.5 Å². The number of benzene rings is 1. The molecule has 0 aliphatic rings. The van der Waals surface area contributed by atoms with E-state index in [1.54, 1.807) is 0 Å². The maximum absolute atomic E-state index is 10.2. The predicted molar refractivity (Wildman–Crippen MR) is 81.4 cm³/mol. The molecule has 18 heavy (non-hydrogen) atoms. The van der Waals surface area contributed by atoms with Crippen molar-refractivity contribution < 1.29 is 10.2 Å². The molecule has 0 spiro atoms. The van der Waals surface area contributed by atoms with E-state index in [9.17, 15) is 10.2 Å². The first kappa shape index (κ1) is 13.2. The van der Waals surface area contributed by atoms with Gasteiger partial charge in [0.15, 0.2) is 0 Å². The molecule has 0 unspecified atom stereocenters. The Morgan fingerprint density at radius 3 is 1.44 bits per heavy atom. The van der Waals surface area contributed by atoms with Crippen LogP contribution in [0.2, 0.25) is 0 Å². The van der Waals surface area contributed by atoms with E-state index in [1.807, 2.05) is 39.8 Å². The number of rotatable bonds is 0. The van der Waals surface area contributed by atoms with Gasteiger partial charge >= 0.3 is 0 Å². The van der Waals surface area contributed by atoms with Crippen LogP contribution in [-0.2, 0) is 0 Å². The zero-order valence-electron chi connectivity index (χ0n) is 10.9. The molecule has 0 atom stereocenters. The molecule has 96 valence electrons. The van der Waals surface area contributed by atoms with Gasteiger partial charge in [-0.1, -0.05) is 13.8 Å². The van der Waals surface area contributed by atoms with Crippen molar-refractivity contribution in [2.24, 2.45) is 0 Å². The minimum absolute atomic E-state index is 0.297. The molecule has 0 bridgehead atoms. The number of hydrogen-bond donors (Lipinski definition) is 2. The largest absolute Gasteiger partial charge is 0.506 e. The summed E-state index contributed by atoms with van der Waals surface area (Å²) in [5.41, 5.74) is 0. The number of thiophene rings is 2. The summed E-state index contributed by atoms with van der Waals surface area (Å²) in [6.45, 7) is 7.95. The predicted octanol–water partition coefficient (Wildman–Crippen LogP) is 5.17. The summed E-state index contributed by atoms with van der Waals surface area (Å²) in [5.74, 6) is 0.593. The fourth-order valence-electron chi connectivity index (χ4n) is 1.98. The molecule has 0 aliphatic carbocycles. The van der Waals surface area contributed by atoms with Gasteiger partial charge < -0.3 is 10.2 Å². The number of aromatic hydroxyl groups is 2. The fraction of sp³-hybridized carbons (Fsp3) is 0.286. The van der Waals surface area contributed by atoms with Crippen LogP contribution in [0.15, 0.2) is 12.1 Å². The zero-order chi connectivity index (χ0) is 13.4. The average molecular weight is 280 g/mol. The Bertz CT molecular complexity index is 593. The molecular weight excluding hydrogens is 264 g/mol. The summed E-state index contributed by atoms with van der Waals surface area (Å²) in [6, 6.07) is 3.84. The third kappa shape index (κ3) is 1.85. The number of phenols is 2. The lowest BCUT2D eigenvalue weighted by molar-refractivity contribution is 0.480. The summed E-state index contributed by atoms with van der Waals surface area (Å²) in [4.78, 5) is 2.19. The maximum atomic E-state index is 10.2. The summed E-state index contributed by atoms with van der Waals surface area (Å²) in [5, 5.41) is 21.9. The van der Waals surface area contributed by atoms with Crippen molar-refractivity contribution in [2.45, 2.75) is 27.7 Å². The van der Waals surface area contributed by atoms with Gasteiger partial charge in [0.25, 0.3) is 0 Å². The van der Waals surface area contributed by atoms with Crippen LogP contribution in [0, 0.1) is 13.8 Å². The highest BCUT2D eigenvalue weighted by Gasteiger charge is 2.16. The minimum Gasteiger partial charge on any atom is -0.506 e. The van der Waals surface area contributed by atoms with E-state index in [2.05, 4.69) is 0 Å². The van der Waals surface area contributed by atoms with E-state index in [4.69, 9.17) is 0 Å². The molecule has 0 fully saturated rings. The van der Waals surface area contributed by atoms with Crippen LogP contribution < -0.4 is 0 Å². The van der Waals surface area contributed by atoms with Gasteiger partial charge in [-0.05, 0) is 26.0 Å². The number of aryl methyl sites for hydroxylation is 2. The molecular formula is C14H16O2S2. The van der Waals surface area contributed by atoms with Gasteiger partial charge in [0.1, 0.15) is 11.5 Å². The second-order valence-corrected chi connectivity index (χ2v) is 6.41. The average Bonchev–Trinajstić information content (AvgIpc) is 2.92. The lowest BCUT2D eigenvalue weighted by Gasteiger charge is -2.00. The molecule has 0 saturated carbocycles. The van der Waals surface area contributed by atoms with Gasteiger partial charge in [-0.25, -0.2) is 0 Å². The van der Waals surface area contributed by atoms with Crippen LogP contribution >= 0.6 is 22.7 Å². The molecule has 0 radical (unpaired) electrons. The van der Waals surface area contributed by atoms with Crippen molar-refractivity contribution in [1.29, 1.82) is 0 Å². The molecule has 0 saturated heterocycles. The lowest BCUT2D eigenvalue weighted by atomic mass is 10.1. The van der Waals surface area contributed by atoms with E-state index in [-0.39, 0.29) is 0 Å². The van der Waals surface area contributed by atoms with Gasteiger partial charge in [-0.2, -0.15) is 0 Å². The Morgan fingerprint density at radius 2 is 1.11 bits per heavy atom. The Balaban J connectivity index is 0.000000574. The molecule has 1 aromatic carbocycles. The van der Waals surface area contributed by atoms with Crippen LogP contribution in [0.25, 0.3) is 20.2 Å². The first-order valence-corrected chi connectivity index (χ1v) is 7.55. The minimum atomic E-state index is 0.297. The van der Waals surface area contributed by atoms with Crippen LogP contribution in [0.5, 0.6) is 11.5 Å². The SMILES string of the molecule is CC.Cc1cc2c(O)c3sc(C)cc3c(O)c2s1. The second-order valence-electron chi connectivity index (χ2n) is 3.90. The van der Waals surface area contributed by atoms with Gasteiger partial charge in [-0.15, -0.1) is 22.7 Å². The van der Waals surface area contributed by atoms with E-state index < -0.39 is 0 Å². The standard InChI is InChI=1S/C12H10O2S2.C2H6/c1-5-3-7-9(13)12-8(4-6(2)16-12)10(14)11(7)15-5;1-2/h3-4,13-14H,1-2H3;1-2H3. The molecule has 2 heterocycles. The lowest BCUT2D eigenvalue weighted by Crippen LogP contribution is -1.71. The third-order valence-corrected chi connectivity index (χ3v) is 4.77. The Labute approximate surface area is 114 Å². The molecule has 2 N–H and O–H groups in total. The molecule has 0 amide bonds. The highest BCUT2D eigenvalue weighted by Crippen LogP contribution is 2.47. The van der Waals surface area contributed by atoms with Crippen LogP contribution in [0.1, 0.15) is 23.6 Å². The van der Waals surface area contributed by atoms with Gasteiger partial charge in [-0.3, -0.25) is 0 Å². The monoisotopic (exact) mass is 280 g/mol. The maximum Gasteiger partial charge on any atom is 0.142 e. The van der Waals surface area contributed by atoms with Crippen LogP contribution in [0.4, 0.5) is 0 Å². The Hall–Kier alpha value is -1.26. The summed E-state index contributed by atoms with van der Waals surface area (Å²) in [7, 11) is 0. The number of hydrogen-bond acceptors (Lipinski definition) is 4. The Morgan fingerprint density at radius 1 is 0.778 bits per heavy atom. The molecule has 0 aliphatic heterocycles. The normalized spacial score (nSPS) is 10.7. The zero-order valence-corrected chi connectivity index (χ0v) is 12.5. The van der Waals surface area contributed by atoms with Crippen molar-refractivity contribution >= 4 is 42.8 Å². The highest BCUT2D eigenvalue weighted by atomic mass is 32.1. The molecule has 2 aromatic heterocycles. The number of phenolic OH excluding ortho intramolecular Hbond substituents is 2. The van der Waals surface area contributed by atoms with Crippen molar-refractivity contribution in [3.05, 3.63) is 21.9 Å². The second kappa shape index (κ2) is 4.78. The van der Waals surface area contributed by atoms with Crippen LogP contribution in [-0.4, -0.2) is 10.2 Å². The summed E-state index contributed by atoms with van der Waals surface area (Å²) >= 11 is 3.02. The van der Waals surface area contributed by atoms with Crippen molar-refractivity contribution in [2.75, 3.05) is 0 Å². The Kier molecular flexibility index (Phi) is 3.50. The first-order valence-electron chi connectivity index (χ1n) is 5.92. The molecule has 2 nitrogen and oxygen atoms in total. The summed E-state index contributed by atoms with van der Waals surface area (Å²) < 4.78 is 1.56. The third-order valence-electron chi connectivity index (χ3n) is 2.65. The van der Waals surface area contributed by atoms with E-state index in [0.29, 0.717) is 11.5 Å². The molecule has 3 rings (SSSR count). The van der Waals surface area contributed by atoms with Crippen molar-refractivity contribution in [1.82, 2.24) is 0 Å². The molecule has 3 aromatic rings. The van der Waals surface area contributed by atoms with Crippen molar-refractivity contribution in [3.63, 3.8) is 0 Å². The van der Waals surface area contributed by atoms with Crippen LogP contribution in [0.3, 0.4) is 0 Å². The topological polar surface area (TPSA) is 40.5 Å². The molecule has 4 heteroatoms. The van der Waals surface area contributed by atoms with Gasteiger partial charge in [0, 0.05) is 20.5 Å². The van der Waals surface area contributed by atoms with E-state index >= 15 is 0 Å². The highest BCUT2D eigenvalue weighted by molar-refractivity contribution is 7.21. The van der Waals surface area contributed by atoms with E-state index in [0.717, 1.165) is 29.9 Å². The quantitative estimate of drug-likeness (QED) is 0.558.